The van der Waals surface area contributed by atoms with Gasteiger partial charge in [0.1, 0.15) is 17.1 Å². The van der Waals surface area contributed by atoms with Crippen molar-refractivity contribution < 1.29 is 14.0 Å². The summed E-state index contributed by atoms with van der Waals surface area (Å²) in [7, 11) is 0. The van der Waals surface area contributed by atoms with Crippen LogP contribution in [0.3, 0.4) is 0 Å². The van der Waals surface area contributed by atoms with Crippen LogP contribution < -0.4 is 10.2 Å². The highest BCUT2D eigenvalue weighted by molar-refractivity contribution is 7.80. The normalized spacial score (nSPS) is 15.2. The summed E-state index contributed by atoms with van der Waals surface area (Å²) >= 11 is 5.27. The standard InChI is InChI=1S/C24H17N3O3S/c1-14-4-3-5-20(15(14)2)27-23(29)19(22(28)26-24(27)31)12-18-10-11-21(30-18)17-8-6-16(13-25)7-9-17/h3-12H,1-2H3,(H,26,28,31). The summed E-state index contributed by atoms with van der Waals surface area (Å²) in [6.07, 6.45) is 1.41. The minimum Gasteiger partial charge on any atom is -0.457 e. The predicted octanol–water partition coefficient (Wildman–Crippen LogP) is 4.27. The summed E-state index contributed by atoms with van der Waals surface area (Å²) in [4.78, 5) is 27.0. The van der Waals surface area contributed by atoms with Gasteiger partial charge < -0.3 is 4.42 Å². The highest BCUT2D eigenvalue weighted by Crippen LogP contribution is 2.28. The smallest absolute Gasteiger partial charge is 0.270 e. The van der Waals surface area contributed by atoms with Gasteiger partial charge in [-0.3, -0.25) is 19.8 Å². The van der Waals surface area contributed by atoms with Gasteiger partial charge in [0.05, 0.1) is 17.3 Å². The van der Waals surface area contributed by atoms with E-state index < -0.39 is 11.8 Å². The number of anilines is 1. The molecule has 1 aliphatic heterocycles. The first kappa shape index (κ1) is 20.3. The topological polar surface area (TPSA) is 86.3 Å². The minimum absolute atomic E-state index is 0.0403. The Labute approximate surface area is 184 Å². The van der Waals surface area contributed by atoms with Crippen molar-refractivity contribution in [1.29, 1.82) is 5.26 Å². The second-order valence-corrected chi connectivity index (χ2v) is 7.45. The lowest BCUT2D eigenvalue weighted by Crippen LogP contribution is -2.54. The van der Waals surface area contributed by atoms with Gasteiger partial charge in [0.15, 0.2) is 5.11 Å². The zero-order chi connectivity index (χ0) is 22.1. The maximum absolute atomic E-state index is 13.2. The Bertz CT molecular complexity index is 1300. The fourth-order valence-corrected chi connectivity index (χ4v) is 3.56. The summed E-state index contributed by atoms with van der Waals surface area (Å²) in [5.74, 6) is -0.180. The Balaban J connectivity index is 1.68. The first-order valence-corrected chi connectivity index (χ1v) is 9.88. The predicted molar refractivity (Wildman–Crippen MR) is 121 cm³/mol. The molecule has 152 valence electrons. The van der Waals surface area contributed by atoms with Gasteiger partial charge in [0.2, 0.25) is 0 Å². The number of carbonyl (C=O) groups excluding carboxylic acids is 2. The average molecular weight is 427 g/mol. The molecule has 0 bridgehead atoms. The minimum atomic E-state index is -0.576. The van der Waals surface area contributed by atoms with E-state index in [2.05, 4.69) is 11.4 Å². The second kappa shape index (κ2) is 8.01. The van der Waals surface area contributed by atoms with Crippen molar-refractivity contribution in [2.45, 2.75) is 13.8 Å². The summed E-state index contributed by atoms with van der Waals surface area (Å²) in [6, 6.07) is 18.0. The molecular formula is C24H17N3O3S. The molecule has 7 heteroatoms. The van der Waals surface area contributed by atoms with Crippen molar-refractivity contribution in [3.8, 4) is 17.4 Å². The molecule has 1 aromatic heterocycles. The van der Waals surface area contributed by atoms with Crippen molar-refractivity contribution in [3.05, 3.63) is 82.6 Å². The Hall–Kier alpha value is -4.02. The quantitative estimate of drug-likeness (QED) is 0.383. The summed E-state index contributed by atoms with van der Waals surface area (Å²) < 4.78 is 5.81. The van der Waals surface area contributed by atoms with Crippen molar-refractivity contribution >= 4 is 40.9 Å². The van der Waals surface area contributed by atoms with E-state index in [0.29, 0.717) is 22.8 Å². The molecule has 2 amide bonds. The number of thiocarbonyl (C=S) groups is 1. The van der Waals surface area contributed by atoms with Crippen LogP contribution in [0.2, 0.25) is 0 Å². The number of aryl methyl sites for hydroxylation is 1. The van der Waals surface area contributed by atoms with Gasteiger partial charge in [0, 0.05) is 5.56 Å². The highest BCUT2D eigenvalue weighted by atomic mass is 32.1. The second-order valence-electron chi connectivity index (χ2n) is 7.07. The fraction of sp³-hybridized carbons (Fsp3) is 0.0833. The Kier molecular flexibility index (Phi) is 5.24. The summed E-state index contributed by atoms with van der Waals surface area (Å²) in [5.41, 5.74) is 3.78. The molecule has 1 saturated heterocycles. The third kappa shape index (κ3) is 3.77. The van der Waals surface area contributed by atoms with Gasteiger partial charge in [-0.05, 0) is 85.7 Å². The molecule has 0 saturated carbocycles. The summed E-state index contributed by atoms with van der Waals surface area (Å²) in [6.45, 7) is 3.84. The van der Waals surface area contributed by atoms with Crippen LogP contribution in [0.4, 0.5) is 5.69 Å². The SMILES string of the molecule is Cc1cccc(N2C(=O)C(=Cc3ccc(-c4ccc(C#N)cc4)o3)C(=O)NC2=S)c1C. The fourth-order valence-electron chi connectivity index (χ4n) is 3.29. The molecule has 0 atom stereocenters. The van der Waals surface area contributed by atoms with Crippen LogP contribution in [0.1, 0.15) is 22.5 Å². The molecule has 0 radical (unpaired) electrons. The number of amides is 2. The van der Waals surface area contributed by atoms with Gasteiger partial charge >= 0.3 is 0 Å². The van der Waals surface area contributed by atoms with Crippen LogP contribution in [0.25, 0.3) is 17.4 Å². The van der Waals surface area contributed by atoms with Gasteiger partial charge in [-0.2, -0.15) is 5.26 Å². The van der Waals surface area contributed by atoms with Crippen LogP contribution in [0, 0.1) is 25.2 Å². The molecule has 6 nitrogen and oxygen atoms in total. The molecule has 3 aromatic rings. The summed E-state index contributed by atoms with van der Waals surface area (Å²) in [5, 5.41) is 11.5. The van der Waals surface area contributed by atoms with Crippen LogP contribution in [-0.4, -0.2) is 16.9 Å². The number of nitrogens with zero attached hydrogens (tertiary/aromatic N) is 2. The van der Waals surface area contributed by atoms with E-state index in [9.17, 15) is 9.59 Å². The lowest BCUT2D eigenvalue weighted by Gasteiger charge is -2.30. The average Bonchev–Trinajstić information content (AvgIpc) is 3.23. The molecule has 4 rings (SSSR count). The first-order valence-electron chi connectivity index (χ1n) is 9.47. The molecule has 1 aliphatic rings. The van der Waals surface area contributed by atoms with E-state index in [1.807, 2.05) is 26.0 Å². The lowest BCUT2D eigenvalue weighted by molar-refractivity contribution is -0.122. The van der Waals surface area contributed by atoms with Crippen molar-refractivity contribution in [1.82, 2.24) is 5.32 Å². The van der Waals surface area contributed by atoms with Crippen LogP contribution >= 0.6 is 12.2 Å². The molecule has 2 heterocycles. The number of nitrogens with one attached hydrogen (secondary N) is 1. The van der Waals surface area contributed by atoms with Gasteiger partial charge in [0.25, 0.3) is 11.8 Å². The Morgan fingerprint density at radius 1 is 1.06 bits per heavy atom. The molecule has 0 aliphatic carbocycles. The molecule has 1 N–H and O–H groups in total. The van der Waals surface area contributed by atoms with E-state index in [1.165, 1.54) is 11.0 Å². The number of nitriles is 1. The molecular weight excluding hydrogens is 410 g/mol. The van der Waals surface area contributed by atoms with Crippen LogP contribution in [0.5, 0.6) is 0 Å². The molecule has 2 aromatic carbocycles. The first-order chi connectivity index (χ1) is 14.9. The Morgan fingerprint density at radius 2 is 1.81 bits per heavy atom. The number of carbonyl (C=O) groups is 2. The van der Waals surface area contributed by atoms with Crippen molar-refractivity contribution in [2.75, 3.05) is 4.90 Å². The van der Waals surface area contributed by atoms with Crippen LogP contribution in [-0.2, 0) is 9.59 Å². The van der Waals surface area contributed by atoms with E-state index in [0.717, 1.165) is 16.7 Å². The number of hydrogen-bond acceptors (Lipinski definition) is 5. The Morgan fingerprint density at radius 3 is 2.52 bits per heavy atom. The van der Waals surface area contributed by atoms with Crippen LogP contribution in [0.15, 0.2) is 64.6 Å². The zero-order valence-corrected chi connectivity index (χ0v) is 17.6. The lowest BCUT2D eigenvalue weighted by atomic mass is 10.0. The number of hydrogen-bond donors (Lipinski definition) is 1. The third-order valence-corrected chi connectivity index (χ3v) is 5.42. The third-order valence-electron chi connectivity index (χ3n) is 5.13. The van der Waals surface area contributed by atoms with E-state index in [4.69, 9.17) is 21.9 Å². The van der Waals surface area contributed by atoms with E-state index in [-0.39, 0.29) is 10.7 Å². The van der Waals surface area contributed by atoms with Gasteiger partial charge in [-0.25, -0.2) is 0 Å². The number of rotatable bonds is 3. The van der Waals surface area contributed by atoms with Gasteiger partial charge in [-0.1, -0.05) is 12.1 Å². The van der Waals surface area contributed by atoms with E-state index >= 15 is 0 Å². The maximum Gasteiger partial charge on any atom is 0.270 e. The van der Waals surface area contributed by atoms with Crippen molar-refractivity contribution in [2.24, 2.45) is 0 Å². The highest BCUT2D eigenvalue weighted by Gasteiger charge is 2.35. The monoisotopic (exact) mass is 427 g/mol. The van der Waals surface area contributed by atoms with Crippen molar-refractivity contribution in [3.63, 3.8) is 0 Å². The molecule has 31 heavy (non-hydrogen) atoms. The number of furan rings is 1. The van der Waals surface area contributed by atoms with E-state index in [1.54, 1.807) is 42.5 Å². The zero-order valence-electron chi connectivity index (χ0n) is 16.8. The number of benzene rings is 2. The van der Waals surface area contributed by atoms with Gasteiger partial charge in [-0.15, -0.1) is 0 Å². The molecule has 1 fully saturated rings. The molecule has 0 unspecified atom stereocenters. The molecule has 0 spiro atoms. The largest absolute Gasteiger partial charge is 0.457 e. The maximum atomic E-state index is 13.2.